The SMILES string of the molecule is COc1ccc(-c2cc3c(cc2N(C)S(C)(=O)=O)oc2c4ccc(F)cc4[nH]c(=O)c32)cc1-c1nc2c(S(C)=O)cccc2o1. The highest BCUT2D eigenvalue weighted by molar-refractivity contribution is 7.92. The zero-order valence-electron chi connectivity index (χ0n) is 24.3. The molecular weight excluding hydrogens is 621 g/mol. The summed E-state index contributed by atoms with van der Waals surface area (Å²) in [7, 11) is -2.13. The number of aromatic nitrogens is 2. The van der Waals surface area contributed by atoms with E-state index in [1.807, 2.05) is 0 Å². The van der Waals surface area contributed by atoms with Crippen LogP contribution in [-0.4, -0.2) is 49.3 Å². The summed E-state index contributed by atoms with van der Waals surface area (Å²) in [6.07, 6.45) is 2.64. The first-order valence-corrected chi connectivity index (χ1v) is 16.9. The van der Waals surface area contributed by atoms with Crippen LogP contribution in [0.5, 0.6) is 5.75 Å². The summed E-state index contributed by atoms with van der Waals surface area (Å²) in [4.78, 5) is 21.2. The fourth-order valence-corrected chi connectivity index (χ4v) is 6.73. The van der Waals surface area contributed by atoms with Crippen molar-refractivity contribution in [1.82, 2.24) is 9.97 Å². The van der Waals surface area contributed by atoms with E-state index in [1.165, 1.54) is 32.4 Å². The lowest BCUT2D eigenvalue weighted by Crippen LogP contribution is -2.25. The number of nitrogens with zero attached hydrogens (tertiary/aromatic N) is 2. The maximum Gasteiger partial charge on any atom is 0.260 e. The van der Waals surface area contributed by atoms with Gasteiger partial charge in [0.25, 0.3) is 5.56 Å². The third-order valence-electron chi connectivity index (χ3n) is 7.78. The minimum atomic E-state index is -3.74. The Morgan fingerprint density at radius 3 is 2.51 bits per heavy atom. The van der Waals surface area contributed by atoms with Crippen molar-refractivity contribution >= 4 is 70.5 Å². The van der Waals surface area contributed by atoms with Gasteiger partial charge in [-0.2, -0.15) is 0 Å². The molecule has 4 aromatic carbocycles. The first-order chi connectivity index (χ1) is 21.4. The number of nitrogens with one attached hydrogen (secondary N) is 1. The Labute approximate surface area is 257 Å². The Bertz CT molecular complexity index is 2550. The monoisotopic (exact) mass is 645 g/mol. The second-order valence-electron chi connectivity index (χ2n) is 10.5. The third kappa shape index (κ3) is 4.66. The van der Waals surface area contributed by atoms with Crippen molar-refractivity contribution < 1.29 is 30.6 Å². The molecule has 0 fully saturated rings. The molecule has 0 amide bonds. The number of fused-ring (bicyclic) bond motifs is 6. The molecule has 45 heavy (non-hydrogen) atoms. The van der Waals surface area contributed by atoms with Crippen LogP contribution in [0.3, 0.4) is 0 Å². The van der Waals surface area contributed by atoms with Gasteiger partial charge < -0.3 is 18.6 Å². The molecule has 7 aromatic rings. The standard InChI is InChI=1S/C32H24FN3O7S2/c1-36(45(4,39)40)23-15-26-20(28-30(42-26)18-10-9-17(33)13-22(18)34-31(28)37)14-19(23)16-8-11-24(41-2)21(12-16)32-35-29-25(43-32)6-5-7-27(29)44(3)38/h5-15H,1-4H3,(H,34,37). The summed E-state index contributed by atoms with van der Waals surface area (Å²) in [5, 5.41) is 1.18. The number of H-pyrrole nitrogens is 1. The summed E-state index contributed by atoms with van der Waals surface area (Å²) in [6, 6.07) is 17.6. The highest BCUT2D eigenvalue weighted by Crippen LogP contribution is 2.43. The molecule has 10 nitrogen and oxygen atoms in total. The smallest absolute Gasteiger partial charge is 0.260 e. The predicted molar refractivity (Wildman–Crippen MR) is 172 cm³/mol. The summed E-state index contributed by atoms with van der Waals surface area (Å²) in [5.41, 5.74) is 2.99. The molecule has 1 atom stereocenters. The Kier molecular flexibility index (Phi) is 6.57. The van der Waals surface area contributed by atoms with Crippen molar-refractivity contribution in [2.24, 2.45) is 0 Å². The van der Waals surface area contributed by atoms with E-state index < -0.39 is 32.2 Å². The van der Waals surface area contributed by atoms with Crippen LogP contribution in [0, 0.1) is 5.82 Å². The number of ether oxygens (including phenoxy) is 1. The van der Waals surface area contributed by atoms with Gasteiger partial charge in [0.05, 0.1) is 51.2 Å². The van der Waals surface area contributed by atoms with Gasteiger partial charge in [0.1, 0.15) is 28.2 Å². The number of rotatable bonds is 6. The van der Waals surface area contributed by atoms with Crippen LogP contribution in [0.25, 0.3) is 66.5 Å². The van der Waals surface area contributed by atoms with E-state index >= 15 is 0 Å². The van der Waals surface area contributed by atoms with E-state index in [2.05, 4.69) is 9.97 Å². The van der Waals surface area contributed by atoms with Gasteiger partial charge in [-0.3, -0.25) is 13.3 Å². The van der Waals surface area contributed by atoms with Gasteiger partial charge in [-0.1, -0.05) is 12.1 Å². The van der Waals surface area contributed by atoms with E-state index in [0.29, 0.717) is 49.2 Å². The number of methoxy groups -OCH3 is 1. The zero-order valence-corrected chi connectivity index (χ0v) is 25.9. The lowest BCUT2D eigenvalue weighted by molar-refractivity contribution is 0.414. The van der Waals surface area contributed by atoms with Gasteiger partial charge in [0.15, 0.2) is 5.58 Å². The van der Waals surface area contributed by atoms with Crippen LogP contribution in [0.4, 0.5) is 10.1 Å². The van der Waals surface area contributed by atoms with Gasteiger partial charge in [-0.05, 0) is 54.1 Å². The molecule has 228 valence electrons. The zero-order chi connectivity index (χ0) is 31.8. The number of anilines is 1. The minimum Gasteiger partial charge on any atom is -0.496 e. The normalized spacial score (nSPS) is 12.8. The maximum absolute atomic E-state index is 13.9. The number of halogens is 1. The van der Waals surface area contributed by atoms with Crippen molar-refractivity contribution in [1.29, 1.82) is 0 Å². The first-order valence-electron chi connectivity index (χ1n) is 13.5. The summed E-state index contributed by atoms with van der Waals surface area (Å²) in [5.74, 6) is 0.137. The van der Waals surface area contributed by atoms with Crippen molar-refractivity contribution in [2.45, 2.75) is 4.90 Å². The average Bonchev–Trinajstić information content (AvgIpc) is 3.61. The highest BCUT2D eigenvalue weighted by Gasteiger charge is 2.24. The van der Waals surface area contributed by atoms with Gasteiger partial charge in [0, 0.05) is 35.7 Å². The molecule has 0 aliphatic heterocycles. The number of hydrogen-bond donors (Lipinski definition) is 1. The van der Waals surface area contributed by atoms with Crippen LogP contribution in [0.1, 0.15) is 0 Å². The quantitative estimate of drug-likeness (QED) is 0.226. The van der Waals surface area contributed by atoms with Crippen molar-refractivity contribution in [3.8, 4) is 28.3 Å². The lowest BCUT2D eigenvalue weighted by atomic mass is 9.98. The second kappa shape index (κ2) is 10.3. The topological polar surface area (TPSA) is 136 Å². The summed E-state index contributed by atoms with van der Waals surface area (Å²) < 4.78 is 70.8. The molecule has 13 heteroatoms. The van der Waals surface area contributed by atoms with Crippen molar-refractivity contribution in [3.05, 3.63) is 82.9 Å². The maximum atomic E-state index is 13.9. The molecule has 0 spiro atoms. The Balaban J connectivity index is 1.52. The van der Waals surface area contributed by atoms with E-state index in [1.54, 1.807) is 54.8 Å². The second-order valence-corrected chi connectivity index (χ2v) is 13.9. The van der Waals surface area contributed by atoms with Crippen molar-refractivity contribution in [2.75, 3.05) is 31.0 Å². The van der Waals surface area contributed by atoms with Gasteiger partial charge in [0.2, 0.25) is 15.9 Å². The third-order valence-corrected chi connectivity index (χ3v) is 9.92. The first kappa shape index (κ1) is 28.7. The molecule has 1 N–H and O–H groups in total. The number of benzene rings is 4. The van der Waals surface area contributed by atoms with Crippen LogP contribution < -0.4 is 14.6 Å². The highest BCUT2D eigenvalue weighted by atomic mass is 32.2. The molecule has 7 rings (SSSR count). The van der Waals surface area contributed by atoms with Gasteiger partial charge in [-0.25, -0.2) is 17.8 Å². The fraction of sp³-hybridized carbons (Fsp3) is 0.125. The summed E-state index contributed by atoms with van der Waals surface area (Å²) >= 11 is 0. The van der Waals surface area contributed by atoms with E-state index in [4.69, 9.17) is 13.6 Å². The summed E-state index contributed by atoms with van der Waals surface area (Å²) in [6.45, 7) is 0. The van der Waals surface area contributed by atoms with E-state index in [9.17, 15) is 21.8 Å². The largest absolute Gasteiger partial charge is 0.496 e. The number of aromatic amines is 1. The van der Waals surface area contributed by atoms with E-state index in [-0.39, 0.29) is 33.6 Å². The molecule has 0 bridgehead atoms. The lowest BCUT2D eigenvalue weighted by Gasteiger charge is -2.21. The number of furan rings is 1. The van der Waals surface area contributed by atoms with Gasteiger partial charge >= 0.3 is 0 Å². The Morgan fingerprint density at radius 2 is 1.78 bits per heavy atom. The number of para-hydroxylation sites is 1. The number of pyridine rings is 1. The minimum absolute atomic E-state index is 0.213. The van der Waals surface area contributed by atoms with Gasteiger partial charge in [-0.15, -0.1) is 0 Å². The van der Waals surface area contributed by atoms with Crippen LogP contribution in [0.15, 0.2) is 85.3 Å². The molecule has 0 aliphatic carbocycles. The fourth-order valence-electron chi connectivity index (χ4n) is 5.53. The Hall–Kier alpha value is -5.01. The average molecular weight is 646 g/mol. The number of sulfonamides is 1. The van der Waals surface area contributed by atoms with E-state index in [0.717, 1.165) is 10.6 Å². The molecule has 0 saturated carbocycles. The molecule has 3 heterocycles. The van der Waals surface area contributed by atoms with Crippen molar-refractivity contribution in [3.63, 3.8) is 0 Å². The number of oxazole rings is 1. The van der Waals surface area contributed by atoms with Crippen LogP contribution in [-0.2, 0) is 20.8 Å². The molecule has 0 radical (unpaired) electrons. The molecular formula is C32H24FN3O7S2. The molecule has 0 saturated heterocycles. The molecule has 1 unspecified atom stereocenters. The predicted octanol–water partition coefficient (Wildman–Crippen LogP) is 6.18. The molecule has 3 aromatic heterocycles. The van der Waals surface area contributed by atoms with Crippen LogP contribution >= 0.6 is 0 Å². The van der Waals surface area contributed by atoms with Crippen LogP contribution in [0.2, 0.25) is 0 Å². The Morgan fingerprint density at radius 1 is 0.978 bits per heavy atom. The number of hydrogen-bond acceptors (Lipinski definition) is 8. The molecule has 0 aliphatic rings.